The molecular formula is C16H14F2O3. The van der Waals surface area contributed by atoms with E-state index in [2.05, 4.69) is 0 Å². The Morgan fingerprint density at radius 2 is 1.81 bits per heavy atom. The van der Waals surface area contributed by atoms with Gasteiger partial charge in [-0.2, -0.15) is 4.39 Å². The average Bonchev–Trinajstić information content (AvgIpc) is 3.33. The van der Waals surface area contributed by atoms with Crippen LogP contribution in [0.4, 0.5) is 8.78 Å². The largest absolute Gasteiger partial charge is 0.487 e. The molecule has 0 saturated carbocycles. The molecule has 2 aromatic rings. The maximum Gasteiger partial charge on any atom is 0.204 e. The molecule has 1 fully saturated rings. The second-order valence-corrected chi connectivity index (χ2v) is 4.73. The topological polar surface area (TPSA) is 31.0 Å². The van der Waals surface area contributed by atoms with Crippen LogP contribution in [0.2, 0.25) is 0 Å². The minimum atomic E-state index is -1.04. The van der Waals surface area contributed by atoms with E-state index in [0.717, 1.165) is 11.6 Å². The van der Waals surface area contributed by atoms with E-state index < -0.39 is 11.6 Å². The van der Waals surface area contributed by atoms with Crippen LogP contribution >= 0.6 is 0 Å². The van der Waals surface area contributed by atoms with Crippen LogP contribution < -0.4 is 9.47 Å². The van der Waals surface area contributed by atoms with Gasteiger partial charge in [-0.3, -0.25) is 0 Å². The first-order valence-electron chi connectivity index (χ1n) is 6.63. The van der Waals surface area contributed by atoms with Gasteiger partial charge in [0, 0.05) is 0 Å². The Bertz CT molecular complexity index is 612. The molecule has 0 N–H and O–H groups in total. The highest BCUT2D eigenvalue weighted by Crippen LogP contribution is 2.33. The Labute approximate surface area is 121 Å². The van der Waals surface area contributed by atoms with E-state index in [1.165, 1.54) is 6.07 Å². The van der Waals surface area contributed by atoms with Crippen molar-refractivity contribution in [1.29, 1.82) is 0 Å². The molecule has 1 unspecified atom stereocenters. The van der Waals surface area contributed by atoms with Crippen molar-refractivity contribution in [3.05, 3.63) is 59.7 Å². The van der Waals surface area contributed by atoms with Gasteiger partial charge in [-0.15, -0.1) is 0 Å². The molecule has 110 valence electrons. The summed E-state index contributed by atoms with van der Waals surface area (Å²) >= 11 is 0. The van der Waals surface area contributed by atoms with Crippen LogP contribution in [0.15, 0.2) is 42.5 Å². The van der Waals surface area contributed by atoms with E-state index in [4.69, 9.17) is 14.2 Å². The number of benzene rings is 2. The normalized spacial score (nSPS) is 16.6. The van der Waals surface area contributed by atoms with E-state index >= 15 is 0 Å². The molecule has 0 spiro atoms. The first-order valence-corrected chi connectivity index (χ1v) is 6.63. The van der Waals surface area contributed by atoms with Crippen LogP contribution in [0.25, 0.3) is 0 Å². The van der Waals surface area contributed by atoms with Gasteiger partial charge >= 0.3 is 0 Å². The van der Waals surface area contributed by atoms with Gasteiger partial charge < -0.3 is 14.2 Å². The predicted molar refractivity (Wildman–Crippen MR) is 72.4 cm³/mol. The summed E-state index contributed by atoms with van der Waals surface area (Å²) in [7, 11) is 0. The van der Waals surface area contributed by atoms with E-state index in [1.54, 1.807) is 0 Å². The zero-order valence-corrected chi connectivity index (χ0v) is 11.2. The van der Waals surface area contributed by atoms with Gasteiger partial charge in [0.25, 0.3) is 0 Å². The van der Waals surface area contributed by atoms with Gasteiger partial charge in [-0.05, 0) is 17.7 Å². The fraction of sp³-hybridized carbons (Fsp3) is 0.250. The molecule has 1 saturated heterocycles. The molecule has 2 aromatic carbocycles. The fourth-order valence-corrected chi connectivity index (χ4v) is 1.84. The van der Waals surface area contributed by atoms with Crippen molar-refractivity contribution in [1.82, 2.24) is 0 Å². The van der Waals surface area contributed by atoms with Crippen LogP contribution in [0.1, 0.15) is 5.56 Å². The molecule has 5 heteroatoms. The summed E-state index contributed by atoms with van der Waals surface area (Å²) in [5, 5.41) is 0. The van der Waals surface area contributed by atoms with Crippen molar-refractivity contribution in [3.8, 4) is 11.5 Å². The van der Waals surface area contributed by atoms with E-state index in [0.29, 0.717) is 13.2 Å². The number of hydrogen-bond donors (Lipinski definition) is 0. The van der Waals surface area contributed by atoms with Gasteiger partial charge in [-0.25, -0.2) is 4.39 Å². The zero-order valence-electron chi connectivity index (χ0n) is 11.2. The van der Waals surface area contributed by atoms with Crippen molar-refractivity contribution in [2.24, 2.45) is 0 Å². The summed E-state index contributed by atoms with van der Waals surface area (Å²) in [6.45, 7) is 1.06. The Kier molecular flexibility index (Phi) is 4.01. The smallest absolute Gasteiger partial charge is 0.204 e. The lowest BCUT2D eigenvalue weighted by molar-refractivity contribution is 0.228. The van der Waals surface area contributed by atoms with Crippen LogP contribution in [-0.2, 0) is 11.3 Å². The molecular weight excluding hydrogens is 278 g/mol. The number of rotatable bonds is 6. The number of ether oxygens (including phenoxy) is 3. The lowest BCUT2D eigenvalue weighted by Gasteiger charge is -2.13. The van der Waals surface area contributed by atoms with E-state index in [1.807, 2.05) is 30.3 Å². The van der Waals surface area contributed by atoms with Crippen molar-refractivity contribution < 1.29 is 23.0 Å². The SMILES string of the molecule is Fc1ccc(OCC2CO2)c(OCc2ccccc2)c1F. The van der Waals surface area contributed by atoms with Crippen molar-refractivity contribution >= 4 is 0 Å². The molecule has 0 bridgehead atoms. The predicted octanol–water partition coefficient (Wildman–Crippen LogP) is 3.32. The molecule has 1 atom stereocenters. The number of hydrogen-bond acceptors (Lipinski definition) is 3. The monoisotopic (exact) mass is 292 g/mol. The lowest BCUT2D eigenvalue weighted by atomic mass is 10.2. The quantitative estimate of drug-likeness (QED) is 0.765. The number of halogens is 2. The molecule has 0 amide bonds. The van der Waals surface area contributed by atoms with Gasteiger partial charge in [0.05, 0.1) is 6.61 Å². The maximum atomic E-state index is 13.9. The third-order valence-electron chi connectivity index (χ3n) is 3.07. The van der Waals surface area contributed by atoms with Gasteiger partial charge in [0.15, 0.2) is 11.6 Å². The Hall–Kier alpha value is -2.14. The fourth-order valence-electron chi connectivity index (χ4n) is 1.84. The summed E-state index contributed by atoms with van der Waals surface area (Å²) in [5.41, 5.74) is 0.859. The standard InChI is InChI=1S/C16H14F2O3/c17-13-6-7-14(20-10-12-9-19-12)16(15(13)18)21-8-11-4-2-1-3-5-11/h1-7,12H,8-10H2. The van der Waals surface area contributed by atoms with Crippen LogP contribution in [0.5, 0.6) is 11.5 Å². The summed E-state index contributed by atoms with van der Waals surface area (Å²) < 4.78 is 43.1. The van der Waals surface area contributed by atoms with Gasteiger partial charge in [0.1, 0.15) is 19.3 Å². The van der Waals surface area contributed by atoms with E-state index in [9.17, 15) is 8.78 Å². The molecule has 21 heavy (non-hydrogen) atoms. The Morgan fingerprint density at radius 3 is 2.52 bits per heavy atom. The highest BCUT2D eigenvalue weighted by atomic mass is 19.2. The van der Waals surface area contributed by atoms with Crippen LogP contribution in [-0.4, -0.2) is 19.3 Å². The summed E-state index contributed by atoms with van der Waals surface area (Å²) in [6, 6.07) is 11.6. The van der Waals surface area contributed by atoms with Crippen molar-refractivity contribution in [3.63, 3.8) is 0 Å². The lowest BCUT2D eigenvalue weighted by Crippen LogP contribution is -2.07. The van der Waals surface area contributed by atoms with Crippen LogP contribution in [0.3, 0.4) is 0 Å². The summed E-state index contributed by atoms with van der Waals surface area (Å²) in [4.78, 5) is 0. The zero-order chi connectivity index (χ0) is 14.7. The van der Waals surface area contributed by atoms with Gasteiger partial charge in [-0.1, -0.05) is 30.3 Å². The summed E-state index contributed by atoms with van der Waals surface area (Å²) in [5.74, 6) is -2.03. The number of epoxide rings is 1. The molecule has 0 radical (unpaired) electrons. The summed E-state index contributed by atoms with van der Waals surface area (Å²) in [6.07, 6.45) is 0.0279. The third kappa shape index (κ3) is 3.49. The first kappa shape index (κ1) is 13.8. The molecule has 1 heterocycles. The third-order valence-corrected chi connectivity index (χ3v) is 3.07. The molecule has 1 aliphatic rings. The molecule has 3 rings (SSSR count). The Balaban J connectivity index is 1.75. The molecule has 0 aliphatic carbocycles. The second kappa shape index (κ2) is 6.10. The maximum absolute atomic E-state index is 13.9. The highest BCUT2D eigenvalue weighted by Gasteiger charge is 2.25. The first-order chi connectivity index (χ1) is 10.2. The van der Waals surface area contributed by atoms with Crippen molar-refractivity contribution in [2.45, 2.75) is 12.7 Å². The van der Waals surface area contributed by atoms with Gasteiger partial charge in [0.2, 0.25) is 11.6 Å². The average molecular weight is 292 g/mol. The molecule has 3 nitrogen and oxygen atoms in total. The molecule has 0 aromatic heterocycles. The second-order valence-electron chi connectivity index (χ2n) is 4.73. The minimum absolute atomic E-state index is 0.0279. The van der Waals surface area contributed by atoms with Crippen molar-refractivity contribution in [2.75, 3.05) is 13.2 Å². The molecule has 1 aliphatic heterocycles. The van der Waals surface area contributed by atoms with Crippen LogP contribution in [0, 0.1) is 11.6 Å². The highest BCUT2D eigenvalue weighted by molar-refractivity contribution is 5.41. The Morgan fingerprint density at radius 1 is 1.05 bits per heavy atom. The van der Waals surface area contributed by atoms with E-state index in [-0.39, 0.29) is 24.2 Å². The minimum Gasteiger partial charge on any atom is -0.487 e.